The van der Waals surface area contributed by atoms with Crippen molar-refractivity contribution in [2.45, 2.75) is 26.1 Å². The Morgan fingerprint density at radius 3 is 2.67 bits per heavy atom. The predicted octanol–water partition coefficient (Wildman–Crippen LogP) is 1.55. The number of benzene rings is 1. The third kappa shape index (κ3) is 5.47. The van der Waals surface area contributed by atoms with Crippen molar-refractivity contribution in [1.29, 1.82) is 0 Å². The van der Waals surface area contributed by atoms with Crippen molar-refractivity contribution < 1.29 is 8.42 Å². The van der Waals surface area contributed by atoms with E-state index in [0.29, 0.717) is 11.6 Å². The van der Waals surface area contributed by atoms with Crippen molar-refractivity contribution in [3.05, 3.63) is 53.3 Å². The Morgan fingerprint density at radius 1 is 1.33 bits per heavy atom. The van der Waals surface area contributed by atoms with Crippen molar-refractivity contribution in [2.24, 2.45) is 0 Å². The van der Waals surface area contributed by atoms with Crippen LogP contribution in [0.5, 0.6) is 0 Å². The normalized spacial score (nSPS) is 13.2. The summed E-state index contributed by atoms with van der Waals surface area (Å²) in [5.41, 5.74) is 0.838. The fourth-order valence-electron chi connectivity index (χ4n) is 1.81. The van der Waals surface area contributed by atoms with Crippen LogP contribution in [0, 0.1) is 0 Å². The third-order valence-corrected chi connectivity index (χ3v) is 4.25. The molecule has 0 spiro atoms. The van der Waals surface area contributed by atoms with Gasteiger partial charge in [0, 0.05) is 30.0 Å². The third-order valence-electron chi connectivity index (χ3n) is 2.76. The summed E-state index contributed by atoms with van der Waals surface area (Å²) in [7, 11) is -3.57. The summed E-state index contributed by atoms with van der Waals surface area (Å²) in [6.07, 6.45) is 3.44. The molecule has 1 heterocycles. The van der Waals surface area contributed by atoms with Crippen LogP contribution < -0.4 is 9.44 Å². The number of halogens is 1. The van der Waals surface area contributed by atoms with E-state index in [2.05, 4.69) is 14.5 Å². The largest absolute Gasteiger partial charge is 0.277 e. The molecule has 0 saturated carbocycles. The van der Waals surface area contributed by atoms with Gasteiger partial charge in [0.05, 0.1) is 6.54 Å². The highest BCUT2D eigenvalue weighted by atomic mass is 35.5. The molecule has 1 atom stereocenters. The molecular formula is C13H17ClN4O2S. The second-order valence-electron chi connectivity index (χ2n) is 4.70. The number of hydrogen-bond donors (Lipinski definition) is 2. The molecule has 0 radical (unpaired) electrons. The van der Waals surface area contributed by atoms with E-state index in [-0.39, 0.29) is 12.6 Å². The molecule has 8 heteroatoms. The maximum Gasteiger partial charge on any atom is 0.277 e. The summed E-state index contributed by atoms with van der Waals surface area (Å²) in [4.78, 5) is 0. The molecule has 0 aliphatic carbocycles. The van der Waals surface area contributed by atoms with E-state index in [4.69, 9.17) is 11.6 Å². The molecule has 0 bridgehead atoms. The van der Waals surface area contributed by atoms with Crippen LogP contribution >= 0.6 is 11.6 Å². The molecule has 114 valence electrons. The minimum absolute atomic E-state index is 0.209. The minimum Gasteiger partial charge on any atom is -0.271 e. The van der Waals surface area contributed by atoms with Crippen LogP contribution in [-0.2, 0) is 23.3 Å². The highest BCUT2D eigenvalue weighted by Gasteiger charge is 2.14. The predicted molar refractivity (Wildman–Crippen MR) is 82.0 cm³/mol. The van der Waals surface area contributed by atoms with E-state index in [1.165, 1.54) is 0 Å². The smallest absolute Gasteiger partial charge is 0.271 e. The zero-order valence-corrected chi connectivity index (χ0v) is 13.1. The van der Waals surface area contributed by atoms with Crippen molar-refractivity contribution in [3.8, 4) is 0 Å². The second-order valence-corrected chi connectivity index (χ2v) is 6.67. The molecule has 0 saturated heterocycles. The van der Waals surface area contributed by atoms with Gasteiger partial charge >= 0.3 is 0 Å². The Balaban J connectivity index is 1.85. The van der Waals surface area contributed by atoms with E-state index in [1.54, 1.807) is 54.3 Å². The minimum atomic E-state index is -3.57. The van der Waals surface area contributed by atoms with Gasteiger partial charge in [-0.3, -0.25) is 4.68 Å². The number of rotatable bonds is 7. The molecule has 1 aromatic carbocycles. The van der Waals surface area contributed by atoms with Crippen LogP contribution in [0.3, 0.4) is 0 Å². The van der Waals surface area contributed by atoms with Gasteiger partial charge in [-0.1, -0.05) is 23.7 Å². The molecule has 6 nitrogen and oxygen atoms in total. The van der Waals surface area contributed by atoms with E-state index >= 15 is 0 Å². The highest BCUT2D eigenvalue weighted by molar-refractivity contribution is 7.87. The van der Waals surface area contributed by atoms with Crippen molar-refractivity contribution in [1.82, 2.24) is 19.2 Å². The topological polar surface area (TPSA) is 76.0 Å². The summed E-state index contributed by atoms with van der Waals surface area (Å²) in [6, 6.07) is 8.51. The van der Waals surface area contributed by atoms with Crippen LogP contribution in [0.25, 0.3) is 0 Å². The van der Waals surface area contributed by atoms with Crippen LogP contribution in [-0.4, -0.2) is 24.2 Å². The molecule has 2 rings (SSSR count). The van der Waals surface area contributed by atoms with Gasteiger partial charge < -0.3 is 0 Å². The Morgan fingerprint density at radius 2 is 2.05 bits per heavy atom. The van der Waals surface area contributed by atoms with Crippen LogP contribution in [0.2, 0.25) is 5.02 Å². The monoisotopic (exact) mass is 328 g/mol. The lowest BCUT2D eigenvalue weighted by molar-refractivity contribution is 0.488. The standard InChI is InChI=1S/C13H17ClN4O2S/c1-11(10-18-8-2-7-15-18)17-21(19,20)16-9-12-3-5-13(14)6-4-12/h2-8,11,16-17H,9-10H2,1H3. The van der Waals surface area contributed by atoms with E-state index in [0.717, 1.165) is 5.56 Å². The van der Waals surface area contributed by atoms with E-state index in [9.17, 15) is 8.42 Å². The Bertz CT molecular complexity index is 656. The van der Waals surface area contributed by atoms with Crippen molar-refractivity contribution in [3.63, 3.8) is 0 Å². The first-order valence-corrected chi connectivity index (χ1v) is 8.29. The van der Waals surface area contributed by atoms with Crippen molar-refractivity contribution >= 4 is 21.8 Å². The molecule has 0 fully saturated rings. The van der Waals surface area contributed by atoms with Crippen LogP contribution in [0.1, 0.15) is 12.5 Å². The fraction of sp³-hybridized carbons (Fsp3) is 0.308. The zero-order valence-electron chi connectivity index (χ0n) is 11.5. The number of aromatic nitrogens is 2. The first kappa shape index (κ1) is 16.0. The highest BCUT2D eigenvalue weighted by Crippen LogP contribution is 2.09. The van der Waals surface area contributed by atoms with Gasteiger partial charge in [-0.15, -0.1) is 0 Å². The summed E-state index contributed by atoms with van der Waals surface area (Å²) < 4.78 is 30.6. The Labute approximate surface area is 129 Å². The second kappa shape index (κ2) is 7.04. The van der Waals surface area contributed by atoms with Gasteiger partial charge in [0.25, 0.3) is 10.2 Å². The summed E-state index contributed by atoms with van der Waals surface area (Å²) >= 11 is 5.78. The van der Waals surface area contributed by atoms with Crippen molar-refractivity contribution in [2.75, 3.05) is 0 Å². The van der Waals surface area contributed by atoms with Gasteiger partial charge in [0.15, 0.2) is 0 Å². The Kier molecular flexibility index (Phi) is 5.35. The maximum absolute atomic E-state index is 11.9. The van der Waals surface area contributed by atoms with Gasteiger partial charge in [-0.25, -0.2) is 0 Å². The van der Waals surface area contributed by atoms with Gasteiger partial charge in [-0.2, -0.15) is 23.0 Å². The number of hydrogen-bond acceptors (Lipinski definition) is 3. The quantitative estimate of drug-likeness (QED) is 0.809. The number of nitrogens with zero attached hydrogens (tertiary/aromatic N) is 2. The first-order chi connectivity index (χ1) is 9.94. The van der Waals surface area contributed by atoms with Gasteiger partial charge in [-0.05, 0) is 30.7 Å². The van der Waals surface area contributed by atoms with Crippen LogP contribution in [0.15, 0.2) is 42.7 Å². The lowest BCUT2D eigenvalue weighted by Crippen LogP contribution is -2.42. The molecule has 2 N–H and O–H groups in total. The lowest BCUT2D eigenvalue weighted by atomic mass is 10.2. The molecule has 0 aliphatic rings. The molecular weight excluding hydrogens is 312 g/mol. The maximum atomic E-state index is 11.9. The number of nitrogens with one attached hydrogen (secondary N) is 2. The van der Waals surface area contributed by atoms with E-state index < -0.39 is 10.2 Å². The molecule has 1 unspecified atom stereocenters. The SMILES string of the molecule is CC(Cn1cccn1)NS(=O)(=O)NCc1ccc(Cl)cc1. The molecule has 0 aliphatic heterocycles. The average Bonchev–Trinajstić information content (AvgIpc) is 2.90. The lowest BCUT2D eigenvalue weighted by Gasteiger charge is -2.15. The van der Waals surface area contributed by atoms with Gasteiger partial charge in [0.2, 0.25) is 0 Å². The molecule has 2 aromatic rings. The zero-order chi connectivity index (χ0) is 15.3. The molecule has 21 heavy (non-hydrogen) atoms. The summed E-state index contributed by atoms with van der Waals surface area (Å²) in [5, 5.41) is 4.66. The average molecular weight is 329 g/mol. The fourth-order valence-corrected chi connectivity index (χ4v) is 2.98. The molecule has 1 aromatic heterocycles. The Hall–Kier alpha value is -1.41. The van der Waals surface area contributed by atoms with E-state index in [1.807, 2.05) is 0 Å². The van der Waals surface area contributed by atoms with Gasteiger partial charge in [0.1, 0.15) is 0 Å². The summed E-state index contributed by atoms with van der Waals surface area (Å²) in [6.45, 7) is 2.46. The first-order valence-electron chi connectivity index (χ1n) is 6.43. The summed E-state index contributed by atoms with van der Waals surface area (Å²) in [5.74, 6) is 0. The van der Waals surface area contributed by atoms with Crippen LogP contribution in [0.4, 0.5) is 0 Å². The molecule has 0 amide bonds.